The molecular formula is C21H26NO6+. The Hall–Kier alpha value is -1.83. The molecule has 1 saturated heterocycles. The lowest BCUT2D eigenvalue weighted by molar-refractivity contribution is -0.955. The van der Waals surface area contributed by atoms with Gasteiger partial charge in [0.1, 0.15) is 23.5 Å². The number of phenolic OH excluding ortho intramolecular Hbond substituents is 2. The predicted octanol–water partition coefficient (Wildman–Crippen LogP) is 0.866. The fraction of sp³-hybridized carbons (Fsp3) is 0.667. The van der Waals surface area contributed by atoms with Gasteiger partial charge >= 0.3 is 0 Å². The number of aliphatic hydroxyl groups excluding tert-OH is 1. The summed E-state index contributed by atoms with van der Waals surface area (Å²) in [5.41, 5.74) is -1.58. The third-order valence-corrected chi connectivity index (χ3v) is 8.37. The highest BCUT2D eigenvalue weighted by atomic mass is 16.5. The highest BCUT2D eigenvalue weighted by molar-refractivity contribution is 5.90. The molecule has 1 aromatic carbocycles. The second-order valence-corrected chi connectivity index (χ2v) is 9.86. The Morgan fingerprint density at radius 3 is 2.71 bits per heavy atom. The summed E-state index contributed by atoms with van der Waals surface area (Å²) in [4.78, 5) is 12.8. The molecule has 3 fully saturated rings. The van der Waals surface area contributed by atoms with Gasteiger partial charge in [-0.1, -0.05) is 0 Å². The summed E-state index contributed by atoms with van der Waals surface area (Å²) in [5.74, 6) is 0.210. The molecule has 0 radical (unpaired) electrons. The Morgan fingerprint density at radius 1 is 1.25 bits per heavy atom. The average Bonchev–Trinajstić information content (AvgIpc) is 3.34. The lowest BCUT2D eigenvalue weighted by Crippen LogP contribution is -2.81. The average molecular weight is 388 g/mol. The standard InChI is InChI=1S/C21H25NO6/c1-22(9-10-2-3-10)7-6-20-15-14-12(24)8-13(25)17(15)28-19(20)11(23)4-5-21(20,27)18(22)16(14)26/h8,10,16,18-19,26-27H,2-7,9H2,1H3,(H-,24,25)/p+1/t16?,18-,19+,20+,21-,22-/m1/s1. The van der Waals surface area contributed by atoms with Crippen LogP contribution in [0, 0.1) is 5.92 Å². The number of likely N-dealkylation sites (N-methyl/N-ethyl adjacent to an activating group) is 1. The zero-order chi connectivity index (χ0) is 19.6. The first-order chi connectivity index (χ1) is 13.2. The molecule has 1 unspecified atom stereocenters. The molecule has 6 atom stereocenters. The van der Waals surface area contributed by atoms with E-state index in [1.165, 1.54) is 18.9 Å². The van der Waals surface area contributed by atoms with Crippen LogP contribution in [0.4, 0.5) is 0 Å². The fourth-order valence-electron chi connectivity index (χ4n) is 7.14. The zero-order valence-corrected chi connectivity index (χ0v) is 15.9. The van der Waals surface area contributed by atoms with Crippen molar-refractivity contribution in [1.29, 1.82) is 0 Å². The van der Waals surface area contributed by atoms with Gasteiger partial charge in [-0.05, 0) is 19.3 Å². The second kappa shape index (κ2) is 4.83. The summed E-state index contributed by atoms with van der Waals surface area (Å²) in [5, 5.41) is 44.7. The highest BCUT2D eigenvalue weighted by Gasteiger charge is 2.79. The number of ketones is 1. The lowest BCUT2D eigenvalue weighted by atomic mass is 9.47. The molecule has 4 N–H and O–H groups in total. The number of ether oxygens (including phenoxy) is 1. The van der Waals surface area contributed by atoms with Crippen molar-refractivity contribution in [2.75, 3.05) is 20.1 Å². The maximum Gasteiger partial charge on any atom is 0.174 e. The number of hydrogen-bond acceptors (Lipinski definition) is 6. The number of quaternary nitrogens is 1. The molecule has 6 rings (SSSR count). The number of likely N-dealkylation sites (tertiary alicyclic amines) is 1. The van der Waals surface area contributed by atoms with Gasteiger partial charge in [0.2, 0.25) is 0 Å². The minimum absolute atomic E-state index is 0.0841. The third kappa shape index (κ3) is 1.67. The van der Waals surface area contributed by atoms with E-state index in [9.17, 15) is 25.2 Å². The molecule has 0 aromatic heterocycles. The van der Waals surface area contributed by atoms with Gasteiger partial charge in [-0.15, -0.1) is 0 Å². The van der Waals surface area contributed by atoms with E-state index in [-0.39, 0.29) is 35.9 Å². The van der Waals surface area contributed by atoms with Gasteiger partial charge in [0.15, 0.2) is 23.4 Å². The van der Waals surface area contributed by atoms with Crippen LogP contribution in [0.3, 0.4) is 0 Å². The molecule has 1 spiro atoms. The molecule has 7 heteroatoms. The molecule has 5 aliphatic rings. The number of aromatic hydroxyl groups is 2. The van der Waals surface area contributed by atoms with Crippen LogP contribution in [0.1, 0.15) is 49.3 Å². The number of carbonyl (C=O) groups is 1. The van der Waals surface area contributed by atoms with E-state index in [1.54, 1.807) is 0 Å². The normalized spacial score (nSPS) is 45.5. The van der Waals surface area contributed by atoms with Crippen molar-refractivity contribution in [2.45, 2.75) is 61.4 Å². The van der Waals surface area contributed by atoms with Crippen LogP contribution >= 0.6 is 0 Å². The molecule has 1 aromatic rings. The number of nitrogens with zero attached hydrogens (tertiary/aromatic N) is 1. The first-order valence-corrected chi connectivity index (χ1v) is 10.3. The molecule has 150 valence electrons. The van der Waals surface area contributed by atoms with E-state index in [0.29, 0.717) is 34.5 Å². The highest BCUT2D eigenvalue weighted by Crippen LogP contribution is 2.69. The molecular weight excluding hydrogens is 362 g/mol. The van der Waals surface area contributed by atoms with E-state index < -0.39 is 29.3 Å². The maximum absolute atomic E-state index is 12.8. The SMILES string of the molecule is C[N@+]1(CC2CC2)CC[C@@]23c4c5c(O)cc(O)c4C(O)[C@@H]1[C@]2(O)CCC(=O)[C@@H]3O5. The number of rotatable bonds is 2. The number of benzene rings is 1. The van der Waals surface area contributed by atoms with E-state index in [4.69, 9.17) is 4.74 Å². The zero-order valence-electron chi connectivity index (χ0n) is 15.9. The number of phenols is 2. The third-order valence-electron chi connectivity index (χ3n) is 8.37. The largest absolute Gasteiger partial charge is 0.507 e. The second-order valence-electron chi connectivity index (χ2n) is 9.86. The molecule has 28 heavy (non-hydrogen) atoms. The fourth-order valence-corrected chi connectivity index (χ4v) is 7.14. The Bertz CT molecular complexity index is 928. The van der Waals surface area contributed by atoms with Crippen LogP contribution in [-0.2, 0) is 10.2 Å². The van der Waals surface area contributed by atoms with Crippen LogP contribution in [0.2, 0.25) is 0 Å². The molecule has 7 nitrogen and oxygen atoms in total. The topological polar surface area (TPSA) is 107 Å². The van der Waals surface area contributed by atoms with E-state index in [0.717, 1.165) is 6.54 Å². The smallest absolute Gasteiger partial charge is 0.174 e. The number of aliphatic hydroxyl groups is 2. The van der Waals surface area contributed by atoms with Gasteiger partial charge in [-0.2, -0.15) is 0 Å². The van der Waals surface area contributed by atoms with Gasteiger partial charge in [0.25, 0.3) is 0 Å². The van der Waals surface area contributed by atoms with Crippen LogP contribution in [0.15, 0.2) is 6.07 Å². The summed E-state index contributed by atoms with van der Waals surface area (Å²) in [6.07, 6.45) is 1.35. The van der Waals surface area contributed by atoms with Gasteiger partial charge in [-0.25, -0.2) is 0 Å². The Morgan fingerprint density at radius 2 is 2.00 bits per heavy atom. The molecule has 2 saturated carbocycles. The Labute approximate surface area is 162 Å². The Kier molecular flexibility index (Phi) is 2.94. The summed E-state index contributed by atoms with van der Waals surface area (Å²) in [6, 6.07) is 0.635. The van der Waals surface area contributed by atoms with E-state index in [1.807, 2.05) is 0 Å². The Balaban J connectivity index is 1.66. The number of hydrogen-bond donors (Lipinski definition) is 4. The number of carbonyl (C=O) groups excluding carboxylic acids is 1. The summed E-state index contributed by atoms with van der Waals surface area (Å²) in [7, 11) is 2.08. The van der Waals surface area contributed by atoms with E-state index in [2.05, 4.69) is 7.05 Å². The molecule has 0 amide bonds. The van der Waals surface area contributed by atoms with Crippen LogP contribution < -0.4 is 4.74 Å². The van der Waals surface area contributed by atoms with Crippen LogP contribution in [-0.4, -0.2) is 68.6 Å². The van der Waals surface area contributed by atoms with Crippen LogP contribution in [0.5, 0.6) is 17.2 Å². The van der Waals surface area contributed by atoms with Gasteiger partial charge < -0.3 is 29.6 Å². The maximum atomic E-state index is 12.8. The minimum atomic E-state index is -1.33. The minimum Gasteiger partial charge on any atom is -0.507 e. The number of piperidine rings is 1. The van der Waals surface area contributed by atoms with Crippen molar-refractivity contribution < 1.29 is 34.4 Å². The quantitative estimate of drug-likeness (QED) is 0.560. The van der Waals surface area contributed by atoms with Gasteiger partial charge in [0, 0.05) is 36.0 Å². The summed E-state index contributed by atoms with van der Waals surface area (Å²) < 4.78 is 6.49. The van der Waals surface area contributed by atoms with Gasteiger partial charge in [0.05, 0.1) is 25.6 Å². The van der Waals surface area contributed by atoms with Crippen molar-refractivity contribution >= 4 is 5.78 Å². The van der Waals surface area contributed by atoms with Crippen molar-refractivity contribution in [3.05, 3.63) is 17.2 Å². The van der Waals surface area contributed by atoms with E-state index >= 15 is 0 Å². The number of Topliss-reactive ketones (excluding diaryl/α,β-unsaturated/α-hetero) is 1. The summed E-state index contributed by atoms with van der Waals surface area (Å²) >= 11 is 0. The first kappa shape index (κ1) is 17.1. The van der Waals surface area contributed by atoms with Crippen molar-refractivity contribution in [3.63, 3.8) is 0 Å². The molecule has 2 heterocycles. The predicted molar refractivity (Wildman–Crippen MR) is 97.1 cm³/mol. The van der Waals surface area contributed by atoms with Crippen molar-refractivity contribution in [2.24, 2.45) is 5.92 Å². The van der Waals surface area contributed by atoms with Gasteiger partial charge in [-0.3, -0.25) is 4.79 Å². The monoisotopic (exact) mass is 388 g/mol. The molecule has 3 aliphatic carbocycles. The van der Waals surface area contributed by atoms with Crippen molar-refractivity contribution in [1.82, 2.24) is 0 Å². The molecule has 2 aliphatic heterocycles. The summed E-state index contributed by atoms with van der Waals surface area (Å²) in [6.45, 7) is 1.59. The van der Waals surface area contributed by atoms with Crippen molar-refractivity contribution in [3.8, 4) is 17.2 Å². The van der Waals surface area contributed by atoms with Crippen LogP contribution in [0.25, 0.3) is 0 Å². The first-order valence-electron chi connectivity index (χ1n) is 10.3. The lowest BCUT2D eigenvalue weighted by Gasteiger charge is -2.65. The molecule has 2 bridgehead atoms.